The van der Waals surface area contributed by atoms with Crippen LogP contribution in [0.2, 0.25) is 0 Å². The molecule has 0 bridgehead atoms. The van der Waals surface area contributed by atoms with Crippen molar-refractivity contribution in [1.29, 1.82) is 0 Å². The van der Waals surface area contributed by atoms with E-state index in [1.54, 1.807) is 0 Å². The smallest absolute Gasteiger partial charge is 0.0725 e. The molecule has 0 aromatic carbocycles. The summed E-state index contributed by atoms with van der Waals surface area (Å²) in [5.74, 6) is 1.33. The maximum absolute atomic E-state index is 5.84. The van der Waals surface area contributed by atoms with Crippen LogP contribution in [0.1, 0.15) is 27.7 Å². The molecular formula is C11H23NO. The molecule has 1 saturated heterocycles. The van der Waals surface area contributed by atoms with E-state index in [1.807, 2.05) is 0 Å². The molecule has 0 aliphatic carbocycles. The van der Waals surface area contributed by atoms with E-state index >= 15 is 0 Å². The van der Waals surface area contributed by atoms with Crippen molar-refractivity contribution in [1.82, 2.24) is 4.90 Å². The van der Waals surface area contributed by atoms with Crippen LogP contribution in [0.25, 0.3) is 0 Å². The summed E-state index contributed by atoms with van der Waals surface area (Å²) in [6.07, 6.45) is 0.431. The van der Waals surface area contributed by atoms with Crippen molar-refractivity contribution in [3.05, 3.63) is 0 Å². The van der Waals surface area contributed by atoms with Crippen LogP contribution >= 0.6 is 0 Å². The van der Waals surface area contributed by atoms with Gasteiger partial charge in [0.15, 0.2) is 0 Å². The third kappa shape index (κ3) is 2.68. The summed E-state index contributed by atoms with van der Waals surface area (Å²) in [4.78, 5) is 2.44. The SMILES string of the molecule is CC(C)C1CN(C)C(C(C)C)CO1. The molecule has 0 aromatic rings. The molecule has 0 N–H and O–H groups in total. The Balaban J connectivity index is 2.46. The number of rotatable bonds is 2. The Morgan fingerprint density at radius 1 is 1.15 bits per heavy atom. The minimum absolute atomic E-state index is 0.431. The first-order chi connectivity index (χ1) is 6.02. The predicted octanol–water partition coefficient (Wildman–Crippen LogP) is 2.00. The molecule has 2 nitrogen and oxygen atoms in total. The fraction of sp³-hybridized carbons (Fsp3) is 1.00. The molecule has 0 saturated carbocycles. The van der Waals surface area contributed by atoms with E-state index in [2.05, 4.69) is 39.6 Å². The van der Waals surface area contributed by atoms with Crippen LogP contribution in [0.4, 0.5) is 0 Å². The Kier molecular flexibility index (Phi) is 3.74. The second-order valence-corrected chi connectivity index (χ2v) is 4.87. The summed E-state index contributed by atoms with van der Waals surface area (Å²) in [6.45, 7) is 11.0. The first kappa shape index (κ1) is 11.0. The van der Waals surface area contributed by atoms with Gasteiger partial charge in [0, 0.05) is 12.6 Å². The van der Waals surface area contributed by atoms with Crippen LogP contribution in [-0.2, 0) is 4.74 Å². The first-order valence-corrected chi connectivity index (χ1v) is 5.34. The zero-order valence-corrected chi connectivity index (χ0v) is 9.58. The third-order valence-corrected chi connectivity index (χ3v) is 3.03. The van der Waals surface area contributed by atoms with E-state index in [0.29, 0.717) is 24.0 Å². The van der Waals surface area contributed by atoms with E-state index in [4.69, 9.17) is 4.74 Å². The second kappa shape index (κ2) is 4.43. The first-order valence-electron chi connectivity index (χ1n) is 5.34. The van der Waals surface area contributed by atoms with Gasteiger partial charge in [0.2, 0.25) is 0 Å². The lowest BCUT2D eigenvalue weighted by Gasteiger charge is -2.40. The Morgan fingerprint density at radius 2 is 1.77 bits per heavy atom. The van der Waals surface area contributed by atoms with Crippen molar-refractivity contribution in [2.24, 2.45) is 11.8 Å². The van der Waals surface area contributed by atoms with Gasteiger partial charge in [-0.05, 0) is 18.9 Å². The molecule has 1 rings (SSSR count). The normalized spacial score (nSPS) is 31.6. The summed E-state index contributed by atoms with van der Waals surface area (Å²) >= 11 is 0. The van der Waals surface area contributed by atoms with E-state index in [0.717, 1.165) is 13.2 Å². The molecule has 0 spiro atoms. The molecule has 2 unspecified atom stereocenters. The van der Waals surface area contributed by atoms with Crippen LogP contribution in [0.3, 0.4) is 0 Å². The molecule has 1 heterocycles. The molecule has 13 heavy (non-hydrogen) atoms. The Morgan fingerprint density at radius 3 is 2.15 bits per heavy atom. The lowest BCUT2D eigenvalue weighted by molar-refractivity contribution is -0.0836. The Bertz CT molecular complexity index is 156. The van der Waals surface area contributed by atoms with E-state index in [1.165, 1.54) is 0 Å². The topological polar surface area (TPSA) is 12.5 Å². The summed E-state index contributed by atoms with van der Waals surface area (Å²) in [7, 11) is 2.21. The highest BCUT2D eigenvalue weighted by Crippen LogP contribution is 2.20. The average Bonchev–Trinajstić information content (AvgIpc) is 2.03. The molecule has 1 aliphatic rings. The largest absolute Gasteiger partial charge is 0.375 e. The van der Waals surface area contributed by atoms with Crippen LogP contribution in [0.15, 0.2) is 0 Å². The number of hydrogen-bond acceptors (Lipinski definition) is 2. The highest BCUT2D eigenvalue weighted by molar-refractivity contribution is 4.81. The van der Waals surface area contributed by atoms with Crippen LogP contribution in [0, 0.1) is 11.8 Å². The maximum atomic E-state index is 5.84. The average molecular weight is 185 g/mol. The molecule has 0 amide bonds. The Labute approximate surface area is 82.3 Å². The van der Waals surface area contributed by atoms with Gasteiger partial charge in [-0.2, -0.15) is 0 Å². The predicted molar refractivity (Wildman–Crippen MR) is 55.8 cm³/mol. The fourth-order valence-corrected chi connectivity index (χ4v) is 1.93. The third-order valence-electron chi connectivity index (χ3n) is 3.03. The zero-order chi connectivity index (χ0) is 10.0. The van der Waals surface area contributed by atoms with Gasteiger partial charge in [-0.1, -0.05) is 27.7 Å². The summed E-state index contributed by atoms with van der Waals surface area (Å²) in [5.41, 5.74) is 0. The molecule has 1 aliphatic heterocycles. The molecule has 0 radical (unpaired) electrons. The summed E-state index contributed by atoms with van der Waals surface area (Å²) < 4.78 is 5.84. The number of likely N-dealkylation sites (N-methyl/N-ethyl adjacent to an activating group) is 1. The van der Waals surface area contributed by atoms with Gasteiger partial charge in [-0.3, -0.25) is 4.90 Å². The minimum atomic E-state index is 0.431. The number of ether oxygens (including phenoxy) is 1. The van der Waals surface area contributed by atoms with Crippen molar-refractivity contribution >= 4 is 0 Å². The minimum Gasteiger partial charge on any atom is -0.375 e. The highest BCUT2D eigenvalue weighted by Gasteiger charge is 2.29. The second-order valence-electron chi connectivity index (χ2n) is 4.87. The van der Waals surface area contributed by atoms with Crippen LogP contribution in [0.5, 0.6) is 0 Å². The van der Waals surface area contributed by atoms with Crippen molar-refractivity contribution in [2.75, 3.05) is 20.2 Å². The van der Waals surface area contributed by atoms with Gasteiger partial charge in [-0.15, -0.1) is 0 Å². The summed E-state index contributed by atoms with van der Waals surface area (Å²) in [5, 5.41) is 0. The number of nitrogens with zero attached hydrogens (tertiary/aromatic N) is 1. The Hall–Kier alpha value is -0.0800. The van der Waals surface area contributed by atoms with Gasteiger partial charge in [0.05, 0.1) is 12.7 Å². The quantitative estimate of drug-likeness (QED) is 0.652. The van der Waals surface area contributed by atoms with Crippen LogP contribution < -0.4 is 0 Å². The van der Waals surface area contributed by atoms with Crippen LogP contribution in [-0.4, -0.2) is 37.2 Å². The number of hydrogen-bond donors (Lipinski definition) is 0. The van der Waals surface area contributed by atoms with Crippen molar-refractivity contribution in [2.45, 2.75) is 39.8 Å². The molecule has 2 atom stereocenters. The summed E-state index contributed by atoms with van der Waals surface area (Å²) in [6, 6.07) is 0.606. The monoisotopic (exact) mass is 185 g/mol. The molecular weight excluding hydrogens is 162 g/mol. The fourth-order valence-electron chi connectivity index (χ4n) is 1.93. The molecule has 78 valence electrons. The van der Waals surface area contributed by atoms with E-state index < -0.39 is 0 Å². The van der Waals surface area contributed by atoms with Gasteiger partial charge >= 0.3 is 0 Å². The van der Waals surface area contributed by atoms with Crippen molar-refractivity contribution in [3.63, 3.8) is 0 Å². The van der Waals surface area contributed by atoms with Gasteiger partial charge in [-0.25, -0.2) is 0 Å². The lowest BCUT2D eigenvalue weighted by atomic mass is 9.98. The zero-order valence-electron chi connectivity index (χ0n) is 9.58. The van der Waals surface area contributed by atoms with Gasteiger partial charge in [0.1, 0.15) is 0 Å². The highest BCUT2D eigenvalue weighted by atomic mass is 16.5. The van der Waals surface area contributed by atoms with E-state index in [9.17, 15) is 0 Å². The standard InChI is InChI=1S/C11H23NO/c1-8(2)10-7-13-11(9(3)4)6-12(10)5/h8-11H,6-7H2,1-5H3. The molecule has 1 fully saturated rings. The van der Waals surface area contributed by atoms with E-state index in [-0.39, 0.29) is 0 Å². The maximum Gasteiger partial charge on any atom is 0.0725 e. The van der Waals surface area contributed by atoms with Crippen molar-refractivity contribution < 1.29 is 4.74 Å². The molecule has 0 aromatic heterocycles. The molecule has 2 heteroatoms. The van der Waals surface area contributed by atoms with Gasteiger partial charge < -0.3 is 4.74 Å². The van der Waals surface area contributed by atoms with Crippen molar-refractivity contribution in [3.8, 4) is 0 Å². The lowest BCUT2D eigenvalue weighted by Crippen LogP contribution is -2.51. The number of morpholine rings is 1. The van der Waals surface area contributed by atoms with Gasteiger partial charge in [0.25, 0.3) is 0 Å².